The molecule has 3 aromatic rings. The van der Waals surface area contributed by atoms with Gasteiger partial charge in [0.2, 0.25) is 0 Å². The Hall–Kier alpha value is -3.01. The smallest absolute Gasteiger partial charge is 0.266 e. The molecule has 2 aromatic heterocycles. The van der Waals surface area contributed by atoms with Crippen LogP contribution in [0.1, 0.15) is 42.6 Å². The maximum Gasteiger partial charge on any atom is 0.266 e. The summed E-state index contributed by atoms with van der Waals surface area (Å²) < 4.78 is 53.4. The number of rotatable bonds is 8. The van der Waals surface area contributed by atoms with E-state index < -0.39 is 23.8 Å². The molecule has 1 N–H and O–H groups in total. The highest BCUT2D eigenvalue weighted by atomic mass is 19.3. The average molecular weight is 477 g/mol. The van der Waals surface area contributed by atoms with Crippen LogP contribution in [0.15, 0.2) is 30.5 Å². The molecule has 6 nitrogen and oxygen atoms in total. The molecule has 0 amide bonds. The molecule has 1 aliphatic rings. The number of nitrogens with zero attached hydrogens (tertiary/aromatic N) is 5. The number of piperazine rings is 1. The summed E-state index contributed by atoms with van der Waals surface area (Å²) in [4.78, 5) is 9.02. The first-order valence-corrected chi connectivity index (χ1v) is 11.4. The molecule has 1 fully saturated rings. The molecule has 0 unspecified atom stereocenters. The Balaban J connectivity index is 1.59. The molecule has 0 aliphatic carbocycles. The third kappa shape index (κ3) is 5.06. The summed E-state index contributed by atoms with van der Waals surface area (Å²) in [6.07, 6.45) is -0.601. The quantitative estimate of drug-likeness (QED) is 0.459. The van der Waals surface area contributed by atoms with Crippen molar-refractivity contribution in [1.82, 2.24) is 20.1 Å². The fourth-order valence-electron chi connectivity index (χ4n) is 4.28. The molecule has 0 bridgehead atoms. The van der Waals surface area contributed by atoms with Gasteiger partial charge in [0.15, 0.2) is 5.82 Å². The first-order valence-electron chi connectivity index (χ1n) is 11.4. The maximum atomic E-state index is 14.7. The van der Waals surface area contributed by atoms with Gasteiger partial charge in [-0.1, -0.05) is 18.2 Å². The van der Waals surface area contributed by atoms with Crippen LogP contribution in [0.3, 0.4) is 0 Å². The van der Waals surface area contributed by atoms with E-state index in [-0.39, 0.29) is 12.2 Å². The molecule has 182 valence electrons. The summed E-state index contributed by atoms with van der Waals surface area (Å²) in [6, 6.07) is 5.31. The van der Waals surface area contributed by atoms with Crippen molar-refractivity contribution in [3.63, 3.8) is 0 Å². The zero-order valence-corrected chi connectivity index (χ0v) is 19.2. The van der Waals surface area contributed by atoms with Crippen molar-refractivity contribution >= 4 is 22.4 Å². The second-order valence-corrected chi connectivity index (χ2v) is 8.51. The summed E-state index contributed by atoms with van der Waals surface area (Å²) in [7, 11) is 0. The fourth-order valence-corrected chi connectivity index (χ4v) is 4.28. The van der Waals surface area contributed by atoms with Gasteiger partial charge in [0.25, 0.3) is 6.43 Å². The summed E-state index contributed by atoms with van der Waals surface area (Å²) >= 11 is 0. The lowest BCUT2D eigenvalue weighted by Gasteiger charge is -2.35. The Morgan fingerprint density at radius 3 is 2.50 bits per heavy atom. The van der Waals surface area contributed by atoms with Crippen molar-refractivity contribution in [2.24, 2.45) is 0 Å². The Kier molecular flexibility index (Phi) is 7.45. The number of alkyl halides is 3. The van der Waals surface area contributed by atoms with Crippen LogP contribution in [0.2, 0.25) is 0 Å². The van der Waals surface area contributed by atoms with E-state index in [1.807, 2.05) is 13.0 Å². The van der Waals surface area contributed by atoms with Crippen molar-refractivity contribution < 1.29 is 17.6 Å². The largest absolute Gasteiger partial charge is 0.361 e. The first-order chi connectivity index (χ1) is 16.4. The number of anilines is 2. The molecule has 0 saturated carbocycles. The van der Waals surface area contributed by atoms with Gasteiger partial charge in [-0.05, 0) is 26.3 Å². The summed E-state index contributed by atoms with van der Waals surface area (Å²) in [5, 5.41) is 13.2. The molecule has 34 heavy (non-hydrogen) atoms. The van der Waals surface area contributed by atoms with Gasteiger partial charge in [0.05, 0.1) is 24.0 Å². The number of halogens is 4. The van der Waals surface area contributed by atoms with E-state index in [0.29, 0.717) is 17.9 Å². The lowest BCUT2D eigenvalue weighted by Crippen LogP contribution is -2.47. The van der Waals surface area contributed by atoms with E-state index in [0.717, 1.165) is 55.4 Å². The number of hydrogen-bond acceptors (Lipinski definition) is 6. The van der Waals surface area contributed by atoms with Crippen LogP contribution in [0.25, 0.3) is 10.8 Å². The summed E-state index contributed by atoms with van der Waals surface area (Å²) in [5.41, 5.74) is 0.212. The van der Waals surface area contributed by atoms with Crippen LogP contribution in [0.4, 0.5) is 29.2 Å². The predicted octanol–water partition coefficient (Wildman–Crippen LogP) is 5.06. The minimum absolute atomic E-state index is 0.131. The molecule has 3 heterocycles. The van der Waals surface area contributed by atoms with Crippen LogP contribution in [0.5, 0.6) is 0 Å². The first kappa shape index (κ1) is 24.1. The second kappa shape index (κ2) is 10.5. The zero-order chi connectivity index (χ0) is 24.2. The number of pyridine rings is 1. The molecule has 1 atom stereocenters. The van der Waals surface area contributed by atoms with Gasteiger partial charge in [0.1, 0.15) is 11.6 Å². The lowest BCUT2D eigenvalue weighted by atomic mass is 10.0. The fraction of sp³-hybridized carbons (Fsp3) is 0.458. The van der Waals surface area contributed by atoms with Crippen molar-refractivity contribution in [2.45, 2.75) is 32.7 Å². The molecule has 1 aromatic carbocycles. The highest BCUT2D eigenvalue weighted by molar-refractivity contribution is 5.94. The third-order valence-electron chi connectivity index (χ3n) is 6.25. The second-order valence-electron chi connectivity index (χ2n) is 8.51. The van der Waals surface area contributed by atoms with Gasteiger partial charge >= 0.3 is 0 Å². The number of benzene rings is 1. The Morgan fingerprint density at radius 2 is 1.79 bits per heavy atom. The monoisotopic (exact) mass is 476 g/mol. The zero-order valence-electron chi connectivity index (χ0n) is 19.2. The minimum atomic E-state index is -2.89. The van der Waals surface area contributed by atoms with Gasteiger partial charge in [0, 0.05) is 55.3 Å². The molecule has 10 heteroatoms. The molecule has 1 aliphatic heterocycles. The van der Waals surface area contributed by atoms with Gasteiger partial charge in [-0.3, -0.25) is 9.29 Å². The van der Waals surface area contributed by atoms with Gasteiger partial charge in [-0.2, -0.15) is 5.10 Å². The highest BCUT2D eigenvalue weighted by Crippen LogP contribution is 2.31. The normalized spacial score (nSPS) is 15.8. The van der Waals surface area contributed by atoms with Crippen LogP contribution >= 0.6 is 0 Å². The molecule has 0 spiro atoms. The minimum Gasteiger partial charge on any atom is -0.361 e. The van der Waals surface area contributed by atoms with E-state index >= 15 is 0 Å². The number of aromatic nitrogens is 3. The molecular formula is C24H28F4N6. The number of hydrogen-bond donors (Lipinski definition) is 1. The molecule has 0 radical (unpaired) electrons. The molecule has 4 rings (SSSR count). The number of aryl methyl sites for hydroxylation is 1. The Bertz CT molecular complexity index is 1130. The molecule has 1 saturated heterocycles. The van der Waals surface area contributed by atoms with Crippen molar-refractivity contribution in [2.75, 3.05) is 49.6 Å². The van der Waals surface area contributed by atoms with Gasteiger partial charge in [-0.15, -0.1) is 5.10 Å². The van der Waals surface area contributed by atoms with E-state index in [4.69, 9.17) is 0 Å². The van der Waals surface area contributed by atoms with E-state index in [9.17, 15) is 17.6 Å². The van der Waals surface area contributed by atoms with E-state index in [1.165, 1.54) is 12.1 Å². The summed E-state index contributed by atoms with van der Waals surface area (Å²) in [5.74, 6) is 0.293. The topological polar surface area (TPSA) is 57.2 Å². The van der Waals surface area contributed by atoms with Crippen LogP contribution in [-0.4, -0.2) is 59.5 Å². The van der Waals surface area contributed by atoms with Crippen molar-refractivity contribution in [1.29, 1.82) is 0 Å². The van der Waals surface area contributed by atoms with Gasteiger partial charge < -0.3 is 10.2 Å². The van der Waals surface area contributed by atoms with Gasteiger partial charge in [-0.25, -0.2) is 18.2 Å². The van der Waals surface area contributed by atoms with Crippen molar-refractivity contribution in [3.05, 3.63) is 53.1 Å². The lowest BCUT2D eigenvalue weighted by molar-refractivity contribution is 0.146. The Labute approximate surface area is 196 Å². The predicted molar refractivity (Wildman–Crippen MR) is 125 cm³/mol. The number of fused-ring (bicyclic) bond motifs is 1. The number of nitrogens with one attached hydrogen (secondary N) is 1. The highest BCUT2D eigenvalue weighted by Gasteiger charge is 2.22. The summed E-state index contributed by atoms with van der Waals surface area (Å²) in [6.45, 7) is 7.17. The SMILES string of the molecule is Cc1nnc(N[C@H](C)c2cccc(C(F)F)c2F)c2cc(N3CCN(CCCF)CC3)ncc12. The molecular weight excluding hydrogens is 448 g/mol. The van der Waals surface area contributed by atoms with Crippen molar-refractivity contribution in [3.8, 4) is 0 Å². The Morgan fingerprint density at radius 1 is 1.06 bits per heavy atom. The van der Waals surface area contributed by atoms with E-state index in [1.54, 1.807) is 13.1 Å². The third-order valence-corrected chi connectivity index (χ3v) is 6.25. The standard InChI is InChI=1S/C24H28F4N6/c1-15(17-5-3-6-18(22(17)26)23(27)28)30-24-19-13-21(29-14-20(19)16(2)31-32-24)34-11-9-33(10-12-34)8-4-7-25/h3,5-6,13-15,23H,4,7-12H2,1-2H3,(H,30,32)/t15-/m1/s1. The van der Waals surface area contributed by atoms with Crippen LogP contribution < -0.4 is 10.2 Å². The maximum absolute atomic E-state index is 14.7. The van der Waals surface area contributed by atoms with E-state index in [2.05, 4.69) is 30.3 Å². The van der Waals surface area contributed by atoms with Crippen LogP contribution in [0, 0.1) is 12.7 Å². The van der Waals surface area contributed by atoms with Crippen LogP contribution in [-0.2, 0) is 0 Å². The average Bonchev–Trinajstić information content (AvgIpc) is 2.84.